The number of amides is 1. The van der Waals surface area contributed by atoms with Crippen molar-refractivity contribution in [3.05, 3.63) is 94.0 Å². The predicted octanol–water partition coefficient (Wildman–Crippen LogP) is 5.08. The zero-order valence-electron chi connectivity index (χ0n) is 16.8. The summed E-state index contributed by atoms with van der Waals surface area (Å²) in [6.45, 7) is 2.04. The molecule has 0 spiro atoms. The number of carbonyl (C=O) groups is 1. The molecule has 0 aliphatic heterocycles. The maximum atomic E-state index is 13.0. The van der Waals surface area contributed by atoms with Crippen molar-refractivity contribution < 1.29 is 13.2 Å². The average Bonchev–Trinajstić information content (AvgIpc) is 2.76. The SMILES string of the molecule is CCc1ccc(NC(=O)[C@H](Cc2ccccc2)NS(=O)(=O)c2cc(Cl)ccc2Cl)cc1. The number of anilines is 1. The second kappa shape index (κ2) is 10.3. The van der Waals surface area contributed by atoms with E-state index in [0.29, 0.717) is 5.69 Å². The molecule has 162 valence electrons. The van der Waals surface area contributed by atoms with E-state index in [9.17, 15) is 13.2 Å². The number of halogens is 2. The van der Waals surface area contributed by atoms with Crippen LogP contribution in [0.3, 0.4) is 0 Å². The molecule has 0 saturated carbocycles. The number of aryl methyl sites for hydroxylation is 1. The zero-order chi connectivity index (χ0) is 22.4. The summed E-state index contributed by atoms with van der Waals surface area (Å²) in [5.41, 5.74) is 2.53. The lowest BCUT2D eigenvalue weighted by molar-refractivity contribution is -0.117. The Morgan fingerprint density at radius 3 is 2.26 bits per heavy atom. The van der Waals surface area contributed by atoms with Crippen LogP contribution >= 0.6 is 23.2 Å². The van der Waals surface area contributed by atoms with Gasteiger partial charge >= 0.3 is 0 Å². The quantitative estimate of drug-likeness (QED) is 0.475. The molecule has 0 aliphatic carbocycles. The standard InChI is InChI=1S/C23H22Cl2N2O3S/c1-2-16-8-11-19(12-9-16)26-23(28)21(14-17-6-4-3-5-7-17)27-31(29,30)22-15-18(24)10-13-20(22)25/h3-13,15,21,27H,2,14H2,1H3,(H,26,28)/t21-/m0/s1. The number of hydrogen-bond donors (Lipinski definition) is 2. The molecular formula is C23H22Cl2N2O3S. The largest absolute Gasteiger partial charge is 0.325 e. The fourth-order valence-corrected chi connectivity index (χ4v) is 4.98. The molecule has 0 saturated heterocycles. The van der Waals surface area contributed by atoms with Gasteiger partial charge in [0.2, 0.25) is 15.9 Å². The van der Waals surface area contributed by atoms with Gasteiger partial charge in [0.05, 0.1) is 5.02 Å². The third-order valence-electron chi connectivity index (χ3n) is 4.71. The van der Waals surface area contributed by atoms with Crippen LogP contribution in [-0.4, -0.2) is 20.4 Å². The molecule has 0 fully saturated rings. The van der Waals surface area contributed by atoms with Crippen molar-refractivity contribution in [3.8, 4) is 0 Å². The molecule has 0 radical (unpaired) electrons. The highest BCUT2D eigenvalue weighted by Crippen LogP contribution is 2.25. The summed E-state index contributed by atoms with van der Waals surface area (Å²) in [4.78, 5) is 12.9. The number of hydrogen-bond acceptors (Lipinski definition) is 3. The Hall–Kier alpha value is -2.38. The molecule has 1 amide bonds. The van der Waals surface area contributed by atoms with Gasteiger partial charge in [0.1, 0.15) is 10.9 Å². The first-order chi connectivity index (χ1) is 14.8. The molecule has 3 aromatic rings. The number of benzene rings is 3. The van der Waals surface area contributed by atoms with E-state index in [1.807, 2.05) is 49.4 Å². The van der Waals surface area contributed by atoms with Gasteiger partial charge in [-0.3, -0.25) is 4.79 Å². The molecule has 0 unspecified atom stereocenters. The Labute approximate surface area is 192 Å². The smallest absolute Gasteiger partial charge is 0.242 e. The number of nitrogens with one attached hydrogen (secondary N) is 2. The second-order valence-corrected chi connectivity index (χ2v) is 9.50. The first kappa shape index (κ1) is 23.3. The summed E-state index contributed by atoms with van der Waals surface area (Å²) in [5.74, 6) is -0.477. The molecule has 1 atom stereocenters. The van der Waals surface area contributed by atoms with Crippen LogP contribution < -0.4 is 10.0 Å². The Bertz CT molecular complexity index is 1150. The topological polar surface area (TPSA) is 75.3 Å². The Morgan fingerprint density at radius 2 is 1.61 bits per heavy atom. The molecular weight excluding hydrogens is 455 g/mol. The fraction of sp³-hybridized carbons (Fsp3) is 0.174. The summed E-state index contributed by atoms with van der Waals surface area (Å²) in [5, 5.41) is 3.03. The number of rotatable bonds is 8. The monoisotopic (exact) mass is 476 g/mol. The highest BCUT2D eigenvalue weighted by Gasteiger charge is 2.28. The highest BCUT2D eigenvalue weighted by atomic mass is 35.5. The van der Waals surface area contributed by atoms with E-state index in [0.717, 1.165) is 17.5 Å². The third-order valence-corrected chi connectivity index (χ3v) is 6.90. The van der Waals surface area contributed by atoms with Crippen molar-refractivity contribution in [2.75, 3.05) is 5.32 Å². The van der Waals surface area contributed by atoms with E-state index >= 15 is 0 Å². The van der Waals surface area contributed by atoms with E-state index in [-0.39, 0.29) is 21.4 Å². The molecule has 3 rings (SSSR count). The lowest BCUT2D eigenvalue weighted by Gasteiger charge is -2.19. The van der Waals surface area contributed by atoms with Crippen molar-refractivity contribution in [3.63, 3.8) is 0 Å². The van der Waals surface area contributed by atoms with Crippen LogP contribution in [0.25, 0.3) is 0 Å². The molecule has 5 nitrogen and oxygen atoms in total. The van der Waals surface area contributed by atoms with Crippen molar-refractivity contribution in [2.45, 2.75) is 30.7 Å². The van der Waals surface area contributed by atoms with Crippen molar-refractivity contribution in [1.29, 1.82) is 0 Å². The van der Waals surface area contributed by atoms with Crippen LogP contribution in [-0.2, 0) is 27.7 Å². The molecule has 0 aromatic heterocycles. The fourth-order valence-electron chi connectivity index (χ4n) is 3.02. The van der Waals surface area contributed by atoms with Crippen LogP contribution in [0.5, 0.6) is 0 Å². The van der Waals surface area contributed by atoms with Gasteiger partial charge in [-0.1, -0.05) is 72.6 Å². The van der Waals surface area contributed by atoms with Crippen LogP contribution in [0.2, 0.25) is 10.0 Å². The minimum atomic E-state index is -4.11. The van der Waals surface area contributed by atoms with Crippen molar-refractivity contribution >= 4 is 44.8 Å². The Kier molecular flexibility index (Phi) is 7.73. The minimum absolute atomic E-state index is 0.0194. The van der Waals surface area contributed by atoms with Gasteiger partial charge in [0.15, 0.2) is 0 Å². The van der Waals surface area contributed by atoms with Crippen LogP contribution in [0.4, 0.5) is 5.69 Å². The summed E-state index contributed by atoms with van der Waals surface area (Å²) >= 11 is 12.0. The Morgan fingerprint density at radius 1 is 0.935 bits per heavy atom. The van der Waals surface area contributed by atoms with Crippen LogP contribution in [0, 0.1) is 0 Å². The molecule has 2 N–H and O–H groups in total. The molecule has 31 heavy (non-hydrogen) atoms. The lowest BCUT2D eigenvalue weighted by Crippen LogP contribution is -2.45. The van der Waals surface area contributed by atoms with E-state index in [4.69, 9.17) is 23.2 Å². The van der Waals surface area contributed by atoms with E-state index < -0.39 is 22.0 Å². The number of carbonyl (C=O) groups excluding carboxylic acids is 1. The van der Waals surface area contributed by atoms with Gasteiger partial charge in [-0.2, -0.15) is 4.72 Å². The van der Waals surface area contributed by atoms with E-state index in [1.54, 1.807) is 12.1 Å². The zero-order valence-corrected chi connectivity index (χ0v) is 19.1. The first-order valence-electron chi connectivity index (χ1n) is 9.69. The second-order valence-electron chi connectivity index (χ2n) is 6.98. The first-order valence-corrected chi connectivity index (χ1v) is 11.9. The van der Waals surface area contributed by atoms with Crippen LogP contribution in [0.15, 0.2) is 77.7 Å². The average molecular weight is 477 g/mol. The highest BCUT2D eigenvalue weighted by molar-refractivity contribution is 7.89. The van der Waals surface area contributed by atoms with Gasteiger partial charge in [0, 0.05) is 10.7 Å². The minimum Gasteiger partial charge on any atom is -0.325 e. The summed E-state index contributed by atoms with van der Waals surface area (Å²) in [7, 11) is -4.11. The molecule has 8 heteroatoms. The van der Waals surface area contributed by atoms with E-state index in [1.165, 1.54) is 18.2 Å². The maximum absolute atomic E-state index is 13.0. The Balaban J connectivity index is 1.88. The molecule has 0 heterocycles. The van der Waals surface area contributed by atoms with Gasteiger partial charge < -0.3 is 5.32 Å². The number of sulfonamides is 1. The summed E-state index contributed by atoms with van der Waals surface area (Å²) in [6.07, 6.45) is 1.04. The van der Waals surface area contributed by atoms with E-state index in [2.05, 4.69) is 10.0 Å². The summed E-state index contributed by atoms with van der Waals surface area (Å²) < 4.78 is 28.5. The maximum Gasteiger partial charge on any atom is 0.242 e. The van der Waals surface area contributed by atoms with Crippen LogP contribution in [0.1, 0.15) is 18.1 Å². The molecule has 0 aliphatic rings. The van der Waals surface area contributed by atoms with Crippen molar-refractivity contribution in [2.24, 2.45) is 0 Å². The predicted molar refractivity (Wildman–Crippen MR) is 125 cm³/mol. The summed E-state index contributed by atoms with van der Waals surface area (Å²) in [6, 6.07) is 19.7. The third kappa shape index (κ3) is 6.31. The van der Waals surface area contributed by atoms with Gasteiger partial charge in [-0.15, -0.1) is 0 Å². The normalized spacial score (nSPS) is 12.4. The van der Waals surface area contributed by atoms with Gasteiger partial charge in [0.25, 0.3) is 0 Å². The van der Waals surface area contributed by atoms with Gasteiger partial charge in [-0.05, 0) is 54.3 Å². The van der Waals surface area contributed by atoms with Crippen molar-refractivity contribution in [1.82, 2.24) is 4.72 Å². The van der Waals surface area contributed by atoms with Gasteiger partial charge in [-0.25, -0.2) is 8.42 Å². The lowest BCUT2D eigenvalue weighted by atomic mass is 10.1. The molecule has 0 bridgehead atoms. The molecule has 3 aromatic carbocycles.